The van der Waals surface area contributed by atoms with Gasteiger partial charge in [0.2, 0.25) is 0 Å². The third-order valence-corrected chi connectivity index (χ3v) is 3.26. The van der Waals surface area contributed by atoms with E-state index in [0.29, 0.717) is 0 Å². The summed E-state index contributed by atoms with van der Waals surface area (Å²) < 4.78 is 0. The van der Waals surface area contributed by atoms with Crippen molar-refractivity contribution in [3.63, 3.8) is 0 Å². The van der Waals surface area contributed by atoms with Crippen LogP contribution in [0.15, 0.2) is 91.0 Å². The van der Waals surface area contributed by atoms with Crippen molar-refractivity contribution in [2.45, 2.75) is 0 Å². The predicted octanol–water partition coefficient (Wildman–Crippen LogP) is 4.10. The zero-order valence-electron chi connectivity index (χ0n) is 11.6. The van der Waals surface area contributed by atoms with Crippen LogP contribution in [-0.2, 0) is 0 Å². The molecule has 1 atom stereocenters. The Morgan fingerprint density at radius 3 is 1.19 bits per heavy atom. The standard InChI is InChI=1S/C13H10O.C6H7P/c14-13(11-7-3-1-4-8-11)12-9-5-2-6-10-12;7-6-4-2-1-3-5-6/h1-10H;1-5H,7H2. The van der Waals surface area contributed by atoms with Crippen molar-refractivity contribution in [2.24, 2.45) is 0 Å². The third kappa shape index (κ3) is 4.98. The van der Waals surface area contributed by atoms with Crippen LogP contribution >= 0.6 is 9.24 Å². The molecule has 3 rings (SSSR count). The molecule has 104 valence electrons. The fourth-order valence-electron chi connectivity index (χ4n) is 1.80. The average Bonchev–Trinajstić information content (AvgIpc) is 2.57. The minimum Gasteiger partial charge on any atom is -0.289 e. The summed E-state index contributed by atoms with van der Waals surface area (Å²) in [7, 11) is 2.63. The molecular weight excluding hydrogens is 275 g/mol. The van der Waals surface area contributed by atoms with Crippen molar-refractivity contribution < 1.29 is 4.79 Å². The highest BCUT2D eigenvalue weighted by Gasteiger charge is 2.06. The normalized spacial score (nSPS) is 9.38. The molecule has 1 unspecified atom stereocenters. The Hall–Kier alpha value is -2.24. The topological polar surface area (TPSA) is 17.1 Å². The van der Waals surface area contributed by atoms with E-state index in [-0.39, 0.29) is 5.78 Å². The Morgan fingerprint density at radius 1 is 0.571 bits per heavy atom. The van der Waals surface area contributed by atoms with Gasteiger partial charge in [-0.25, -0.2) is 0 Å². The number of carbonyl (C=O) groups is 1. The molecule has 0 bridgehead atoms. The summed E-state index contributed by atoms with van der Waals surface area (Å²) in [6, 6.07) is 28.7. The Labute approximate surface area is 127 Å². The van der Waals surface area contributed by atoms with E-state index >= 15 is 0 Å². The van der Waals surface area contributed by atoms with Crippen LogP contribution in [0.3, 0.4) is 0 Å². The molecule has 0 aromatic heterocycles. The number of benzene rings is 3. The predicted molar refractivity (Wildman–Crippen MR) is 92.1 cm³/mol. The van der Waals surface area contributed by atoms with Gasteiger partial charge < -0.3 is 0 Å². The second-order valence-electron chi connectivity index (χ2n) is 4.47. The minimum atomic E-state index is 0.0752. The van der Waals surface area contributed by atoms with Crippen molar-refractivity contribution in [3.8, 4) is 0 Å². The molecule has 21 heavy (non-hydrogen) atoms. The van der Waals surface area contributed by atoms with Crippen LogP contribution in [-0.4, -0.2) is 5.78 Å². The Morgan fingerprint density at radius 2 is 0.905 bits per heavy atom. The minimum absolute atomic E-state index is 0.0752. The monoisotopic (exact) mass is 292 g/mol. The molecule has 0 aliphatic carbocycles. The summed E-state index contributed by atoms with van der Waals surface area (Å²) in [4.78, 5) is 11.8. The number of hydrogen-bond donors (Lipinski definition) is 0. The van der Waals surface area contributed by atoms with Crippen LogP contribution in [0.1, 0.15) is 15.9 Å². The lowest BCUT2D eigenvalue weighted by atomic mass is 10.0. The quantitative estimate of drug-likeness (QED) is 0.513. The van der Waals surface area contributed by atoms with Crippen molar-refractivity contribution >= 4 is 20.3 Å². The van der Waals surface area contributed by atoms with Gasteiger partial charge in [-0.15, -0.1) is 9.24 Å². The van der Waals surface area contributed by atoms with Crippen molar-refractivity contribution in [3.05, 3.63) is 102 Å². The van der Waals surface area contributed by atoms with Gasteiger partial charge in [-0.1, -0.05) is 91.0 Å². The summed E-state index contributed by atoms with van der Waals surface area (Å²) >= 11 is 0. The van der Waals surface area contributed by atoms with Gasteiger partial charge in [0.25, 0.3) is 0 Å². The molecule has 0 heterocycles. The molecule has 0 aliphatic heterocycles. The molecular formula is C19H17OP. The number of hydrogen-bond acceptors (Lipinski definition) is 1. The summed E-state index contributed by atoms with van der Waals surface area (Å²) in [5, 5.41) is 1.24. The zero-order chi connectivity index (χ0) is 14.9. The number of carbonyl (C=O) groups excluding carboxylic acids is 1. The van der Waals surface area contributed by atoms with Gasteiger partial charge in [0.1, 0.15) is 0 Å². The Balaban J connectivity index is 0.000000194. The van der Waals surface area contributed by atoms with Gasteiger partial charge in [-0.2, -0.15) is 0 Å². The van der Waals surface area contributed by atoms with Gasteiger partial charge in [0.15, 0.2) is 5.78 Å². The molecule has 3 aromatic rings. The average molecular weight is 292 g/mol. The second kappa shape index (κ2) is 8.14. The lowest BCUT2D eigenvalue weighted by Gasteiger charge is -1.99. The fourth-order valence-corrected chi connectivity index (χ4v) is 2.02. The number of rotatable bonds is 2. The smallest absolute Gasteiger partial charge is 0.193 e. The first-order valence-corrected chi connectivity index (χ1v) is 7.30. The molecule has 0 spiro atoms. The van der Waals surface area contributed by atoms with Crippen LogP contribution in [0, 0.1) is 0 Å². The summed E-state index contributed by atoms with van der Waals surface area (Å²) in [5.41, 5.74) is 1.47. The lowest BCUT2D eigenvalue weighted by molar-refractivity contribution is 0.103. The molecule has 0 radical (unpaired) electrons. The molecule has 2 heteroatoms. The molecule has 0 fully saturated rings. The van der Waals surface area contributed by atoms with Crippen molar-refractivity contribution in [2.75, 3.05) is 0 Å². The van der Waals surface area contributed by atoms with Gasteiger partial charge in [-0.3, -0.25) is 4.79 Å². The summed E-state index contributed by atoms with van der Waals surface area (Å²) in [6.07, 6.45) is 0. The maximum atomic E-state index is 11.8. The SMILES string of the molecule is O=C(c1ccccc1)c1ccccc1.Pc1ccccc1. The maximum Gasteiger partial charge on any atom is 0.193 e. The van der Waals surface area contributed by atoms with E-state index < -0.39 is 0 Å². The summed E-state index contributed by atoms with van der Waals surface area (Å²) in [5.74, 6) is 0.0752. The first-order chi connectivity index (χ1) is 10.3. The number of ketones is 1. The van der Waals surface area contributed by atoms with Crippen LogP contribution in [0.5, 0.6) is 0 Å². The highest BCUT2D eigenvalue weighted by Crippen LogP contribution is 2.08. The zero-order valence-corrected chi connectivity index (χ0v) is 12.8. The van der Waals surface area contributed by atoms with E-state index in [1.165, 1.54) is 5.30 Å². The van der Waals surface area contributed by atoms with E-state index in [1.54, 1.807) is 0 Å². The molecule has 0 saturated carbocycles. The van der Waals surface area contributed by atoms with E-state index in [1.807, 2.05) is 91.0 Å². The lowest BCUT2D eigenvalue weighted by Crippen LogP contribution is -1.99. The van der Waals surface area contributed by atoms with Gasteiger partial charge in [0, 0.05) is 11.1 Å². The van der Waals surface area contributed by atoms with E-state index in [9.17, 15) is 4.79 Å². The highest BCUT2D eigenvalue weighted by molar-refractivity contribution is 7.27. The molecule has 0 saturated heterocycles. The van der Waals surface area contributed by atoms with Gasteiger partial charge >= 0.3 is 0 Å². The molecule has 0 aliphatic rings. The maximum absolute atomic E-state index is 11.8. The van der Waals surface area contributed by atoms with Gasteiger partial charge in [-0.05, 0) is 5.30 Å². The molecule has 0 N–H and O–H groups in total. The first kappa shape index (κ1) is 15.2. The van der Waals surface area contributed by atoms with Crippen molar-refractivity contribution in [1.29, 1.82) is 0 Å². The van der Waals surface area contributed by atoms with Crippen LogP contribution in [0.4, 0.5) is 0 Å². The molecule has 0 amide bonds. The van der Waals surface area contributed by atoms with E-state index in [4.69, 9.17) is 0 Å². The van der Waals surface area contributed by atoms with Crippen LogP contribution in [0.25, 0.3) is 0 Å². The molecule has 3 aromatic carbocycles. The second-order valence-corrected chi connectivity index (χ2v) is 5.14. The van der Waals surface area contributed by atoms with Crippen LogP contribution in [0.2, 0.25) is 0 Å². The van der Waals surface area contributed by atoms with Crippen LogP contribution < -0.4 is 5.30 Å². The van der Waals surface area contributed by atoms with Gasteiger partial charge in [0.05, 0.1) is 0 Å². The largest absolute Gasteiger partial charge is 0.289 e. The molecule has 1 nitrogen and oxygen atoms in total. The third-order valence-electron chi connectivity index (χ3n) is 2.87. The van der Waals surface area contributed by atoms with E-state index in [0.717, 1.165) is 11.1 Å². The van der Waals surface area contributed by atoms with Crippen molar-refractivity contribution in [1.82, 2.24) is 0 Å². The fraction of sp³-hybridized carbons (Fsp3) is 0. The first-order valence-electron chi connectivity index (χ1n) is 6.72. The Kier molecular flexibility index (Phi) is 5.87. The highest BCUT2D eigenvalue weighted by atomic mass is 31.0. The Bertz CT molecular complexity index is 622. The summed E-state index contributed by atoms with van der Waals surface area (Å²) in [6.45, 7) is 0. The van der Waals surface area contributed by atoms with E-state index in [2.05, 4.69) is 9.24 Å².